The normalized spacial score (nSPS) is 19.8. The van der Waals surface area contributed by atoms with E-state index < -0.39 is 6.04 Å². The molecular formula is C24H26N4O4. The highest BCUT2D eigenvalue weighted by Gasteiger charge is 2.42. The molecule has 8 nitrogen and oxygen atoms in total. The zero-order valence-electron chi connectivity index (χ0n) is 18.0. The number of nitrogens with zero attached hydrogens (tertiary/aromatic N) is 2. The first kappa shape index (κ1) is 21.9. The molecule has 166 valence electrons. The number of nitrogens with one attached hydrogen (secondary N) is 2. The molecule has 2 aromatic carbocycles. The van der Waals surface area contributed by atoms with E-state index in [1.807, 2.05) is 0 Å². The molecule has 2 amide bonds. The van der Waals surface area contributed by atoms with Gasteiger partial charge in [-0.1, -0.05) is 24.3 Å². The fourth-order valence-electron chi connectivity index (χ4n) is 4.08. The molecule has 4 rings (SSSR count). The maximum Gasteiger partial charge on any atom is 0.319 e. The van der Waals surface area contributed by atoms with Crippen LogP contribution in [-0.2, 0) is 4.74 Å². The van der Waals surface area contributed by atoms with Crippen LogP contribution in [0.4, 0.5) is 16.2 Å². The molecule has 1 fully saturated rings. The van der Waals surface area contributed by atoms with Crippen LogP contribution >= 0.6 is 0 Å². The van der Waals surface area contributed by atoms with Crippen LogP contribution in [0.1, 0.15) is 33.6 Å². The molecule has 2 N–H and O–H groups in total. The van der Waals surface area contributed by atoms with Crippen molar-refractivity contribution >= 4 is 34.7 Å². The molecule has 0 aromatic heterocycles. The van der Waals surface area contributed by atoms with Gasteiger partial charge in [0, 0.05) is 30.5 Å². The average Bonchev–Trinajstić information content (AvgIpc) is 3.33. The molecular weight excluding hydrogens is 408 g/mol. The minimum Gasteiger partial charge on any atom is -0.383 e. The Morgan fingerprint density at radius 3 is 2.44 bits per heavy atom. The van der Waals surface area contributed by atoms with Gasteiger partial charge in [0.05, 0.1) is 12.3 Å². The zero-order chi connectivity index (χ0) is 22.5. The van der Waals surface area contributed by atoms with Gasteiger partial charge in [-0.25, -0.2) is 9.79 Å². The summed E-state index contributed by atoms with van der Waals surface area (Å²) in [4.78, 5) is 45.1. The van der Waals surface area contributed by atoms with Gasteiger partial charge in [-0.15, -0.1) is 0 Å². The number of ketones is 2. The number of ether oxygens (including phenoxy) is 1. The van der Waals surface area contributed by atoms with Crippen molar-refractivity contribution < 1.29 is 19.1 Å². The van der Waals surface area contributed by atoms with Crippen molar-refractivity contribution in [3.63, 3.8) is 0 Å². The molecule has 2 aliphatic rings. The number of fused-ring (bicyclic) bond motifs is 1. The van der Waals surface area contributed by atoms with E-state index in [0.717, 1.165) is 25.9 Å². The fourth-order valence-corrected chi connectivity index (χ4v) is 4.08. The molecule has 2 aromatic rings. The molecule has 1 aliphatic heterocycles. The van der Waals surface area contributed by atoms with Crippen molar-refractivity contribution in [3.8, 4) is 0 Å². The number of amides is 2. The van der Waals surface area contributed by atoms with Gasteiger partial charge < -0.3 is 15.4 Å². The number of benzene rings is 2. The van der Waals surface area contributed by atoms with Crippen molar-refractivity contribution in [1.82, 2.24) is 10.2 Å². The minimum absolute atomic E-state index is 0.0770. The fraction of sp³-hybridized carbons (Fsp3) is 0.333. The monoisotopic (exact) mass is 434 g/mol. The molecule has 0 radical (unpaired) electrons. The van der Waals surface area contributed by atoms with Crippen LogP contribution in [0.25, 0.3) is 0 Å². The van der Waals surface area contributed by atoms with Gasteiger partial charge in [-0.2, -0.15) is 0 Å². The van der Waals surface area contributed by atoms with Crippen molar-refractivity contribution in [3.05, 3.63) is 59.7 Å². The summed E-state index contributed by atoms with van der Waals surface area (Å²) in [5.41, 5.74) is 2.27. The number of aliphatic imine (C=N–C) groups is 1. The predicted molar refractivity (Wildman–Crippen MR) is 122 cm³/mol. The molecule has 1 heterocycles. The van der Waals surface area contributed by atoms with Crippen molar-refractivity contribution in [2.75, 3.05) is 38.7 Å². The summed E-state index contributed by atoms with van der Waals surface area (Å²) in [5.74, 6) is -0.288. The van der Waals surface area contributed by atoms with Crippen LogP contribution in [0, 0.1) is 0 Å². The lowest BCUT2D eigenvalue weighted by Gasteiger charge is -2.31. The lowest BCUT2D eigenvalue weighted by Crippen LogP contribution is -2.51. The Kier molecular flexibility index (Phi) is 6.72. The summed E-state index contributed by atoms with van der Waals surface area (Å²) in [5, 5.41) is 5.41. The third kappa shape index (κ3) is 4.61. The summed E-state index contributed by atoms with van der Waals surface area (Å²) < 4.78 is 4.90. The van der Waals surface area contributed by atoms with Gasteiger partial charge in [0.15, 0.2) is 5.78 Å². The SMILES string of the molecule is COCCNC(=O)Nc1ccc(N=C2C(=O)c3ccccc3C(=O)C2N2CCCC2)cc1. The first-order chi connectivity index (χ1) is 15.6. The highest BCUT2D eigenvalue weighted by molar-refractivity contribution is 6.55. The molecule has 1 aliphatic carbocycles. The number of Topliss-reactive ketones (excluding diaryl/α,β-unsaturated/α-hetero) is 2. The third-order valence-electron chi connectivity index (χ3n) is 5.65. The number of hydrogen-bond acceptors (Lipinski definition) is 6. The van der Waals surface area contributed by atoms with Crippen LogP contribution in [0.2, 0.25) is 0 Å². The van der Waals surface area contributed by atoms with Crippen LogP contribution in [0.5, 0.6) is 0 Å². The van der Waals surface area contributed by atoms with E-state index in [2.05, 4.69) is 20.5 Å². The zero-order valence-corrected chi connectivity index (χ0v) is 18.0. The number of carbonyl (C=O) groups excluding carboxylic acids is 3. The Labute approximate surface area is 186 Å². The molecule has 32 heavy (non-hydrogen) atoms. The van der Waals surface area contributed by atoms with Gasteiger partial charge in [0.1, 0.15) is 11.8 Å². The second kappa shape index (κ2) is 9.84. The second-order valence-electron chi connectivity index (χ2n) is 7.80. The molecule has 8 heteroatoms. The van der Waals surface area contributed by atoms with Crippen LogP contribution in [0.15, 0.2) is 53.5 Å². The van der Waals surface area contributed by atoms with Gasteiger partial charge in [-0.3, -0.25) is 14.5 Å². The minimum atomic E-state index is -0.663. The number of anilines is 1. The van der Waals surface area contributed by atoms with Gasteiger partial charge in [0.2, 0.25) is 5.78 Å². The number of methoxy groups -OCH3 is 1. The maximum atomic E-state index is 13.3. The van der Waals surface area contributed by atoms with E-state index in [-0.39, 0.29) is 23.3 Å². The standard InChI is InChI=1S/C24H26N4O4/c1-32-15-12-25-24(31)27-17-10-8-16(9-11-17)26-20-21(28-13-4-5-14-28)23(30)19-7-3-2-6-18(19)22(20)29/h2-3,6-11,21H,4-5,12-15H2,1H3,(H2,25,27,31). The van der Waals surface area contributed by atoms with E-state index in [0.29, 0.717) is 35.7 Å². The molecule has 0 bridgehead atoms. The van der Waals surface area contributed by atoms with Gasteiger partial charge >= 0.3 is 6.03 Å². The Hall–Kier alpha value is -3.36. The first-order valence-electron chi connectivity index (χ1n) is 10.7. The van der Waals surface area contributed by atoms with Crippen LogP contribution in [-0.4, -0.2) is 67.6 Å². The summed E-state index contributed by atoms with van der Waals surface area (Å²) in [6.45, 7) is 2.37. The summed E-state index contributed by atoms with van der Waals surface area (Å²) in [7, 11) is 1.57. The van der Waals surface area contributed by atoms with Crippen LogP contribution < -0.4 is 10.6 Å². The maximum absolute atomic E-state index is 13.3. The first-order valence-corrected chi connectivity index (χ1v) is 10.7. The van der Waals surface area contributed by atoms with Crippen molar-refractivity contribution in [2.45, 2.75) is 18.9 Å². The van der Waals surface area contributed by atoms with Crippen molar-refractivity contribution in [1.29, 1.82) is 0 Å². The highest BCUT2D eigenvalue weighted by atomic mass is 16.5. The van der Waals surface area contributed by atoms with E-state index in [4.69, 9.17) is 4.74 Å². The third-order valence-corrected chi connectivity index (χ3v) is 5.65. The van der Waals surface area contributed by atoms with Crippen molar-refractivity contribution in [2.24, 2.45) is 4.99 Å². The predicted octanol–water partition coefficient (Wildman–Crippen LogP) is 3.07. The molecule has 0 spiro atoms. The summed E-state index contributed by atoms with van der Waals surface area (Å²) in [6, 6.07) is 12.8. The van der Waals surface area contributed by atoms with Gasteiger partial charge in [0.25, 0.3) is 0 Å². The largest absolute Gasteiger partial charge is 0.383 e. The number of hydrogen-bond donors (Lipinski definition) is 2. The Morgan fingerprint density at radius 1 is 1.06 bits per heavy atom. The summed E-state index contributed by atoms with van der Waals surface area (Å²) >= 11 is 0. The lowest BCUT2D eigenvalue weighted by molar-refractivity contribution is 0.0873. The second-order valence-corrected chi connectivity index (χ2v) is 7.80. The highest BCUT2D eigenvalue weighted by Crippen LogP contribution is 2.28. The van der Waals surface area contributed by atoms with E-state index >= 15 is 0 Å². The summed E-state index contributed by atoms with van der Waals surface area (Å²) in [6.07, 6.45) is 2.00. The molecule has 1 saturated heterocycles. The smallest absolute Gasteiger partial charge is 0.319 e. The van der Waals surface area contributed by atoms with Gasteiger partial charge in [-0.05, 0) is 50.2 Å². The van der Waals surface area contributed by atoms with E-state index in [9.17, 15) is 14.4 Å². The Morgan fingerprint density at radius 2 is 1.75 bits per heavy atom. The van der Waals surface area contributed by atoms with Crippen LogP contribution in [0.3, 0.4) is 0 Å². The number of carbonyl (C=O) groups is 3. The molecule has 0 saturated carbocycles. The Bertz CT molecular complexity index is 1040. The number of urea groups is 1. The molecule has 1 atom stereocenters. The number of likely N-dealkylation sites (tertiary alicyclic amines) is 1. The average molecular weight is 434 g/mol. The Balaban J connectivity index is 1.59. The van der Waals surface area contributed by atoms with E-state index in [1.165, 1.54) is 0 Å². The lowest BCUT2D eigenvalue weighted by atomic mass is 9.83. The quantitative estimate of drug-likeness (QED) is 0.681. The molecule has 1 unspecified atom stereocenters. The topological polar surface area (TPSA) is 100 Å². The number of rotatable bonds is 6. The van der Waals surface area contributed by atoms with E-state index in [1.54, 1.807) is 55.6 Å².